The molecule has 0 spiro atoms. The van der Waals surface area contributed by atoms with Gasteiger partial charge in [0.05, 0.1) is 12.6 Å². The lowest BCUT2D eigenvalue weighted by Crippen LogP contribution is -2.15. The summed E-state index contributed by atoms with van der Waals surface area (Å²) in [6.45, 7) is 0. The lowest BCUT2D eigenvalue weighted by molar-refractivity contribution is -0.144. The van der Waals surface area contributed by atoms with Crippen LogP contribution in [0.25, 0.3) is 10.9 Å². The number of rotatable bonds is 3. The zero-order chi connectivity index (χ0) is 17.3. The Balaban J connectivity index is 1.82. The van der Waals surface area contributed by atoms with Crippen LogP contribution in [-0.4, -0.2) is 33.2 Å². The third kappa shape index (κ3) is 3.12. The van der Waals surface area contributed by atoms with E-state index in [0.717, 1.165) is 5.39 Å². The highest BCUT2D eigenvalue weighted by atomic mass is 19.4. The van der Waals surface area contributed by atoms with Crippen molar-refractivity contribution < 1.29 is 22.7 Å². The van der Waals surface area contributed by atoms with Crippen molar-refractivity contribution in [2.75, 3.05) is 12.4 Å². The van der Waals surface area contributed by atoms with Crippen LogP contribution in [0.15, 0.2) is 30.3 Å². The topological polar surface area (TPSA) is 92.8 Å². The molecular formula is C14H10F3N5O2. The van der Waals surface area contributed by atoms with Crippen LogP contribution in [0.2, 0.25) is 0 Å². The van der Waals surface area contributed by atoms with Gasteiger partial charge in [-0.25, -0.2) is 4.98 Å². The quantitative estimate of drug-likeness (QED) is 0.766. The molecule has 0 saturated heterocycles. The van der Waals surface area contributed by atoms with E-state index in [2.05, 4.69) is 20.4 Å². The van der Waals surface area contributed by atoms with Crippen molar-refractivity contribution in [2.45, 2.75) is 6.18 Å². The molecule has 0 bridgehead atoms. The molecule has 2 aromatic heterocycles. The summed E-state index contributed by atoms with van der Waals surface area (Å²) in [6.07, 6.45) is -4.67. The molecule has 3 aromatic rings. The average Bonchev–Trinajstić information content (AvgIpc) is 3.02. The van der Waals surface area contributed by atoms with E-state index in [4.69, 9.17) is 4.74 Å². The number of alkyl halides is 3. The molecule has 0 saturated carbocycles. The summed E-state index contributed by atoms with van der Waals surface area (Å²) < 4.78 is 42.4. The van der Waals surface area contributed by atoms with Gasteiger partial charge >= 0.3 is 6.18 Å². The van der Waals surface area contributed by atoms with Gasteiger partial charge in [-0.05, 0) is 24.3 Å². The van der Waals surface area contributed by atoms with Crippen molar-refractivity contribution in [3.63, 3.8) is 0 Å². The van der Waals surface area contributed by atoms with Crippen molar-refractivity contribution in [1.29, 1.82) is 0 Å². The molecule has 10 heteroatoms. The maximum absolute atomic E-state index is 12.4. The first-order valence-corrected chi connectivity index (χ1v) is 6.62. The van der Waals surface area contributed by atoms with Crippen molar-refractivity contribution in [3.8, 4) is 5.75 Å². The van der Waals surface area contributed by atoms with E-state index < -0.39 is 23.9 Å². The van der Waals surface area contributed by atoms with E-state index in [1.807, 2.05) is 0 Å². The lowest BCUT2D eigenvalue weighted by atomic mass is 10.2. The number of hydrogen-bond acceptors (Lipinski definition) is 5. The maximum atomic E-state index is 12.4. The maximum Gasteiger partial charge on any atom is 0.451 e. The molecule has 0 radical (unpaired) electrons. The highest BCUT2D eigenvalue weighted by Crippen LogP contribution is 2.26. The number of H-pyrrole nitrogens is 1. The van der Waals surface area contributed by atoms with Gasteiger partial charge in [0.25, 0.3) is 5.91 Å². The second kappa shape index (κ2) is 5.80. The van der Waals surface area contributed by atoms with Crippen LogP contribution in [0, 0.1) is 0 Å². The summed E-state index contributed by atoms with van der Waals surface area (Å²) >= 11 is 0. The minimum atomic E-state index is -4.67. The number of anilines is 1. The molecular weight excluding hydrogens is 327 g/mol. The van der Waals surface area contributed by atoms with Gasteiger partial charge in [0.2, 0.25) is 11.8 Å². The summed E-state index contributed by atoms with van der Waals surface area (Å²) in [5.74, 6) is -1.86. The zero-order valence-corrected chi connectivity index (χ0v) is 12.2. The van der Waals surface area contributed by atoms with Gasteiger partial charge in [0, 0.05) is 5.39 Å². The monoisotopic (exact) mass is 337 g/mol. The number of amides is 1. The molecule has 1 aromatic carbocycles. The Labute approximate surface area is 132 Å². The summed E-state index contributed by atoms with van der Waals surface area (Å²) in [5, 5.41) is 7.92. The van der Waals surface area contributed by atoms with E-state index in [1.54, 1.807) is 29.4 Å². The number of benzene rings is 1. The Morgan fingerprint density at radius 2 is 2.00 bits per heavy atom. The fraction of sp³-hybridized carbons (Fsp3) is 0.143. The van der Waals surface area contributed by atoms with Crippen LogP contribution >= 0.6 is 0 Å². The van der Waals surface area contributed by atoms with Crippen LogP contribution < -0.4 is 10.1 Å². The van der Waals surface area contributed by atoms with E-state index >= 15 is 0 Å². The molecule has 0 unspecified atom stereocenters. The number of pyridine rings is 1. The first-order chi connectivity index (χ1) is 11.4. The summed E-state index contributed by atoms with van der Waals surface area (Å²) in [6, 6.07) is 8.18. The second-order valence-corrected chi connectivity index (χ2v) is 4.71. The number of nitrogens with one attached hydrogen (secondary N) is 2. The van der Waals surface area contributed by atoms with E-state index in [0.29, 0.717) is 11.3 Å². The molecule has 124 valence electrons. The van der Waals surface area contributed by atoms with Crippen LogP contribution in [0.4, 0.5) is 19.1 Å². The summed E-state index contributed by atoms with van der Waals surface area (Å²) in [7, 11) is 1.53. The minimum Gasteiger partial charge on any atom is -0.497 e. The number of ether oxygens (including phenoxy) is 1. The molecule has 0 aliphatic rings. The van der Waals surface area contributed by atoms with Crippen LogP contribution in [-0.2, 0) is 6.18 Å². The predicted octanol–water partition coefficient (Wildman–Crippen LogP) is 2.63. The van der Waals surface area contributed by atoms with Crippen LogP contribution in [0.5, 0.6) is 5.75 Å². The second-order valence-electron chi connectivity index (χ2n) is 4.71. The highest BCUT2D eigenvalue weighted by molar-refractivity contribution is 6.03. The summed E-state index contributed by atoms with van der Waals surface area (Å²) in [4.78, 5) is 19.4. The third-order valence-corrected chi connectivity index (χ3v) is 3.11. The van der Waals surface area contributed by atoms with Crippen molar-refractivity contribution in [3.05, 3.63) is 41.9 Å². The first kappa shape index (κ1) is 15.7. The molecule has 3 rings (SSSR count). The van der Waals surface area contributed by atoms with E-state index in [-0.39, 0.29) is 5.69 Å². The van der Waals surface area contributed by atoms with Crippen molar-refractivity contribution >= 4 is 22.8 Å². The molecule has 7 nitrogen and oxygen atoms in total. The van der Waals surface area contributed by atoms with Crippen LogP contribution in [0.1, 0.15) is 16.3 Å². The van der Waals surface area contributed by atoms with Gasteiger partial charge in [-0.1, -0.05) is 6.07 Å². The van der Waals surface area contributed by atoms with Gasteiger partial charge in [0.1, 0.15) is 11.4 Å². The molecule has 2 heterocycles. The Hall–Kier alpha value is -3.17. The van der Waals surface area contributed by atoms with Gasteiger partial charge in [-0.3, -0.25) is 15.2 Å². The van der Waals surface area contributed by atoms with Gasteiger partial charge in [-0.2, -0.15) is 18.2 Å². The Bertz CT molecular complexity index is 907. The van der Waals surface area contributed by atoms with Crippen molar-refractivity contribution in [1.82, 2.24) is 20.2 Å². The predicted molar refractivity (Wildman–Crippen MR) is 77.6 cm³/mol. The van der Waals surface area contributed by atoms with Gasteiger partial charge < -0.3 is 4.74 Å². The third-order valence-electron chi connectivity index (χ3n) is 3.11. The lowest BCUT2D eigenvalue weighted by Gasteiger charge is -2.04. The molecule has 0 fully saturated rings. The molecule has 2 N–H and O–H groups in total. The molecule has 0 atom stereocenters. The fourth-order valence-corrected chi connectivity index (χ4v) is 1.97. The van der Waals surface area contributed by atoms with E-state index in [1.165, 1.54) is 13.2 Å². The van der Waals surface area contributed by atoms with E-state index in [9.17, 15) is 18.0 Å². The number of methoxy groups -OCH3 is 1. The molecule has 0 aliphatic carbocycles. The molecule has 0 aliphatic heterocycles. The zero-order valence-electron chi connectivity index (χ0n) is 12.2. The first-order valence-electron chi connectivity index (χ1n) is 6.62. The number of fused-ring (bicyclic) bond motifs is 1. The standard InChI is InChI=1S/C14H10F3N5O2/c1-24-8-3-5-9-7(6-8)2-4-10(18-9)11(23)19-13-20-12(21-22-13)14(15,16)17/h2-6H,1H3,(H2,19,20,21,22,23). The minimum absolute atomic E-state index is 0.0195. The Morgan fingerprint density at radius 3 is 2.67 bits per heavy atom. The number of hydrogen-bond donors (Lipinski definition) is 2. The van der Waals surface area contributed by atoms with Gasteiger partial charge in [0.15, 0.2) is 0 Å². The summed E-state index contributed by atoms with van der Waals surface area (Å²) in [5.41, 5.74) is 0.556. The number of aromatic amines is 1. The number of aromatic nitrogens is 4. The number of carbonyl (C=O) groups excluding carboxylic acids is 1. The Kier molecular flexibility index (Phi) is 3.80. The number of nitrogens with zero attached hydrogens (tertiary/aromatic N) is 3. The smallest absolute Gasteiger partial charge is 0.451 e. The normalized spacial score (nSPS) is 11.5. The van der Waals surface area contributed by atoms with Crippen molar-refractivity contribution in [2.24, 2.45) is 0 Å². The number of carbonyl (C=O) groups is 1. The fourth-order valence-electron chi connectivity index (χ4n) is 1.97. The Morgan fingerprint density at radius 1 is 1.21 bits per heavy atom. The molecule has 1 amide bonds. The number of halogens is 3. The largest absolute Gasteiger partial charge is 0.497 e. The van der Waals surface area contributed by atoms with Crippen LogP contribution in [0.3, 0.4) is 0 Å². The average molecular weight is 337 g/mol. The van der Waals surface area contributed by atoms with Gasteiger partial charge in [-0.15, -0.1) is 5.10 Å². The SMILES string of the molecule is COc1ccc2nc(C(=O)Nc3n[nH]c(C(F)(F)F)n3)ccc2c1. The molecule has 24 heavy (non-hydrogen) atoms. The highest BCUT2D eigenvalue weighted by Gasteiger charge is 2.35.